The molecule has 9 aliphatic rings. The summed E-state index contributed by atoms with van der Waals surface area (Å²) in [6.45, 7) is 10.6. The normalized spacial score (nSPS) is 58.9. The summed E-state index contributed by atoms with van der Waals surface area (Å²) in [5.41, 5.74) is 0.311. The van der Waals surface area contributed by atoms with Gasteiger partial charge in [0.25, 0.3) is 0 Å². The van der Waals surface area contributed by atoms with Gasteiger partial charge in [0.2, 0.25) is 0 Å². The van der Waals surface area contributed by atoms with Crippen LogP contribution in [-0.2, 0) is 37.9 Å². The smallest absolute Gasteiger partial charge is 0.187 e. The van der Waals surface area contributed by atoms with Crippen LogP contribution in [0.15, 0.2) is 0 Å². The predicted octanol–water partition coefficient (Wildman–Crippen LogP) is 0.294. The molecule has 5 saturated heterocycles. The maximum absolute atomic E-state index is 12.0. The average Bonchev–Trinajstić information content (AvgIpc) is 3.70. The van der Waals surface area contributed by atoms with Crippen LogP contribution in [-0.4, -0.2) is 176 Å². The molecule has 9 N–H and O–H groups in total. The first-order chi connectivity index (χ1) is 29.4. The van der Waals surface area contributed by atoms with Gasteiger partial charge < -0.3 is 83.9 Å². The lowest BCUT2D eigenvalue weighted by molar-refractivity contribution is -0.391. The van der Waals surface area contributed by atoms with Crippen molar-refractivity contribution in [3.05, 3.63) is 0 Å². The highest BCUT2D eigenvalue weighted by molar-refractivity contribution is 5.15. The molecule has 17 heteroatoms. The highest BCUT2D eigenvalue weighted by atomic mass is 16.8. The third kappa shape index (κ3) is 7.56. The molecule has 9 rings (SSSR count). The van der Waals surface area contributed by atoms with Crippen LogP contribution in [0.4, 0.5) is 0 Å². The second-order valence-electron chi connectivity index (χ2n) is 21.5. The minimum Gasteiger partial charge on any atom is -0.394 e. The van der Waals surface area contributed by atoms with E-state index in [0.29, 0.717) is 47.8 Å². The number of ether oxygens (including phenoxy) is 8. The minimum absolute atomic E-state index is 0.0972. The highest BCUT2D eigenvalue weighted by Gasteiger charge is 2.69. The van der Waals surface area contributed by atoms with E-state index in [2.05, 4.69) is 27.7 Å². The number of aliphatic hydroxyl groups excluding tert-OH is 9. The molecule has 5 aliphatic heterocycles. The first-order valence-corrected chi connectivity index (χ1v) is 23.7. The Morgan fingerprint density at radius 3 is 1.94 bits per heavy atom. The van der Waals surface area contributed by atoms with E-state index >= 15 is 0 Å². The van der Waals surface area contributed by atoms with Gasteiger partial charge in [-0.2, -0.15) is 0 Å². The van der Waals surface area contributed by atoms with Gasteiger partial charge in [0.1, 0.15) is 67.1 Å². The molecule has 62 heavy (non-hydrogen) atoms. The number of hydrogen-bond acceptors (Lipinski definition) is 17. The van der Waals surface area contributed by atoms with Crippen LogP contribution in [0, 0.1) is 52.3 Å². The van der Waals surface area contributed by atoms with Crippen LogP contribution in [0.3, 0.4) is 0 Å². The van der Waals surface area contributed by atoms with Gasteiger partial charge in [-0.1, -0.05) is 27.7 Å². The molecule has 356 valence electrons. The molecular weight excluding hydrogens is 812 g/mol. The summed E-state index contributed by atoms with van der Waals surface area (Å²) in [6.07, 6.45) is -12.7. The number of aliphatic hydroxyl groups is 9. The third-order valence-electron chi connectivity index (χ3n) is 18.2. The summed E-state index contributed by atoms with van der Waals surface area (Å²) >= 11 is 0. The average molecular weight is 887 g/mol. The van der Waals surface area contributed by atoms with Gasteiger partial charge in [-0.05, 0) is 111 Å². The Labute approximate surface area is 364 Å². The second kappa shape index (κ2) is 17.4. The van der Waals surface area contributed by atoms with Gasteiger partial charge in [0.05, 0.1) is 38.1 Å². The summed E-state index contributed by atoms with van der Waals surface area (Å²) < 4.78 is 50.0. The summed E-state index contributed by atoms with van der Waals surface area (Å²) in [5, 5.41) is 95.9. The molecule has 4 saturated carbocycles. The molecule has 0 aromatic carbocycles. The Kier molecular flexibility index (Phi) is 13.1. The van der Waals surface area contributed by atoms with Crippen molar-refractivity contribution in [2.24, 2.45) is 52.3 Å². The van der Waals surface area contributed by atoms with Crippen LogP contribution >= 0.6 is 0 Å². The zero-order chi connectivity index (χ0) is 44.2. The summed E-state index contributed by atoms with van der Waals surface area (Å²) in [5.74, 6) is 3.15. The first kappa shape index (κ1) is 46.4. The fraction of sp³-hybridized carbons (Fsp3) is 1.00. The largest absolute Gasteiger partial charge is 0.394 e. The second-order valence-corrected chi connectivity index (χ2v) is 21.5. The topological polar surface area (TPSA) is 256 Å². The van der Waals surface area contributed by atoms with Crippen molar-refractivity contribution < 1.29 is 83.9 Å². The Balaban J connectivity index is 0.902. The maximum Gasteiger partial charge on any atom is 0.187 e. The van der Waals surface area contributed by atoms with Crippen molar-refractivity contribution in [3.8, 4) is 0 Å². The molecule has 0 unspecified atom stereocenters. The summed E-state index contributed by atoms with van der Waals surface area (Å²) in [7, 11) is 0. The molecule has 0 aromatic rings. The molecule has 0 aromatic heterocycles. The summed E-state index contributed by atoms with van der Waals surface area (Å²) in [6, 6.07) is 0. The zero-order valence-electron chi connectivity index (χ0n) is 36.8. The molecule has 17 nitrogen and oxygen atoms in total. The van der Waals surface area contributed by atoms with Crippen LogP contribution in [0.5, 0.6) is 0 Å². The molecule has 4 aliphatic carbocycles. The van der Waals surface area contributed by atoms with E-state index in [9.17, 15) is 46.0 Å². The van der Waals surface area contributed by atoms with Crippen LogP contribution < -0.4 is 0 Å². The zero-order valence-corrected chi connectivity index (χ0v) is 36.8. The van der Waals surface area contributed by atoms with Crippen molar-refractivity contribution in [1.29, 1.82) is 0 Å². The first-order valence-electron chi connectivity index (χ1n) is 23.7. The third-order valence-corrected chi connectivity index (χ3v) is 18.2. The molecule has 9 fully saturated rings. The minimum atomic E-state index is -1.81. The van der Waals surface area contributed by atoms with Crippen LogP contribution in [0.2, 0.25) is 0 Å². The number of hydrogen-bond donors (Lipinski definition) is 9. The van der Waals surface area contributed by atoms with Gasteiger partial charge in [0.15, 0.2) is 24.7 Å². The lowest BCUT2D eigenvalue weighted by Gasteiger charge is -2.61. The van der Waals surface area contributed by atoms with Crippen LogP contribution in [0.25, 0.3) is 0 Å². The standard InChI is InChI=1S/C45H74O17/c1-19-8-13-45(55-18-19)20(2)30-27(62-45)15-26-24-7-6-22-14-23(9-11-43(22,4)25(24)10-12-44(26,30)5)57-42-39(61-41-36(53)34(51)32(49)28(16-46)58-41)37(54)38(29(17-47)59-42)60-40-35(52)33(50)31(48)21(3)56-40/h19-42,46-54H,6-18H2,1-5H3/t19-,20-,21+,22+,23-,24+,25-,26-,27-,28+,29+,30-,31+,32+,33+,34-,35+,36+,37-,38+,39+,40-,41-,42+,43-,44-,45+/m0/s1. The van der Waals surface area contributed by atoms with Gasteiger partial charge in [-0.15, -0.1) is 0 Å². The van der Waals surface area contributed by atoms with Crippen molar-refractivity contribution in [2.75, 3.05) is 19.8 Å². The lowest BCUT2D eigenvalue weighted by atomic mass is 9.44. The van der Waals surface area contributed by atoms with Gasteiger partial charge >= 0.3 is 0 Å². The molecule has 0 radical (unpaired) electrons. The van der Waals surface area contributed by atoms with Crippen molar-refractivity contribution in [3.63, 3.8) is 0 Å². The Morgan fingerprint density at radius 2 is 1.24 bits per heavy atom. The summed E-state index contributed by atoms with van der Waals surface area (Å²) in [4.78, 5) is 0. The Bertz CT molecular complexity index is 1550. The molecule has 1 spiro atoms. The highest BCUT2D eigenvalue weighted by Crippen LogP contribution is 2.71. The predicted molar refractivity (Wildman–Crippen MR) is 214 cm³/mol. The van der Waals surface area contributed by atoms with E-state index in [1.165, 1.54) is 19.8 Å². The fourth-order valence-electron chi connectivity index (χ4n) is 14.6. The van der Waals surface area contributed by atoms with E-state index < -0.39 is 111 Å². The lowest BCUT2D eigenvalue weighted by Crippen LogP contribution is -2.67. The Hall–Kier alpha value is -0.680. The quantitative estimate of drug-likeness (QED) is 0.149. The van der Waals surface area contributed by atoms with E-state index in [-0.39, 0.29) is 23.0 Å². The van der Waals surface area contributed by atoms with E-state index in [0.717, 1.165) is 51.6 Å². The SMILES string of the molecule is C[C@H]1CC[C@@]2(OC1)O[C@H]1C[C@H]3[C@@H]4CC[C@@H]5C[C@@H](O[C@@H]6O[C@H](CO)[C@@H](O[C@@H]7O[C@H](C)[C@@H](O)[C@@H](O)[C@H]7O)[C@H](O)[C@H]6O[C@@H]6O[C@H](CO)[C@@H](O)[C@H](O)[C@H]6O)CC[C@]5(C)[C@H]4CC[C@]3(C)[C@H]1[C@@H]2C. The molecule has 27 atom stereocenters. The van der Waals surface area contributed by atoms with Crippen LogP contribution in [0.1, 0.15) is 98.8 Å². The van der Waals surface area contributed by atoms with Gasteiger partial charge in [-0.25, -0.2) is 0 Å². The number of fused-ring (bicyclic) bond motifs is 7. The fourth-order valence-corrected chi connectivity index (χ4v) is 14.6. The van der Waals surface area contributed by atoms with Crippen molar-refractivity contribution in [1.82, 2.24) is 0 Å². The van der Waals surface area contributed by atoms with Crippen molar-refractivity contribution >= 4 is 0 Å². The van der Waals surface area contributed by atoms with E-state index in [4.69, 9.17) is 37.9 Å². The molecule has 5 heterocycles. The van der Waals surface area contributed by atoms with E-state index in [1.54, 1.807) is 0 Å². The van der Waals surface area contributed by atoms with E-state index in [1.807, 2.05) is 0 Å². The Morgan fingerprint density at radius 1 is 0.581 bits per heavy atom. The molecule has 0 amide bonds. The van der Waals surface area contributed by atoms with Gasteiger partial charge in [-0.3, -0.25) is 0 Å². The maximum atomic E-state index is 12.0. The van der Waals surface area contributed by atoms with Gasteiger partial charge in [0, 0.05) is 12.3 Å². The molecular formula is C45H74O17. The number of rotatable bonds is 8. The monoisotopic (exact) mass is 886 g/mol. The van der Waals surface area contributed by atoms with Crippen molar-refractivity contribution in [2.45, 2.75) is 209 Å². The molecule has 0 bridgehead atoms.